The molecule has 1 aliphatic rings. The zero-order valence-electron chi connectivity index (χ0n) is 12.2. The first-order valence-electron chi connectivity index (χ1n) is 7.25. The van der Waals surface area contributed by atoms with Crippen LogP contribution >= 0.6 is 0 Å². The van der Waals surface area contributed by atoms with Crippen molar-refractivity contribution < 1.29 is 9.47 Å². The van der Waals surface area contributed by atoms with Crippen LogP contribution in [0.5, 0.6) is 5.75 Å². The molecule has 0 aliphatic carbocycles. The van der Waals surface area contributed by atoms with E-state index >= 15 is 0 Å². The fraction of sp³-hybridized carbons (Fsp3) is 0.625. The fourth-order valence-corrected chi connectivity index (χ4v) is 2.54. The molecule has 2 rings (SSSR count). The number of ether oxygens (including phenoxy) is 2. The van der Waals surface area contributed by atoms with E-state index < -0.39 is 0 Å². The molecule has 0 N–H and O–H groups in total. The number of hydrogen-bond donors (Lipinski definition) is 0. The Balaban J connectivity index is 1.56. The van der Waals surface area contributed by atoms with Gasteiger partial charge in [-0.3, -0.25) is 0 Å². The first kappa shape index (κ1) is 14.4. The Bertz CT molecular complexity index is 366. The predicted octanol–water partition coefficient (Wildman–Crippen LogP) is 2.79. The average Bonchev–Trinajstić information content (AvgIpc) is 2.85. The van der Waals surface area contributed by atoms with Gasteiger partial charge in [0.25, 0.3) is 0 Å². The molecule has 1 fully saturated rings. The highest BCUT2D eigenvalue weighted by Crippen LogP contribution is 2.15. The molecule has 0 aromatic heterocycles. The van der Waals surface area contributed by atoms with Crippen molar-refractivity contribution in [2.45, 2.75) is 26.7 Å². The number of aryl methyl sites for hydroxylation is 2. The quantitative estimate of drug-likeness (QED) is 0.706. The molecule has 0 atom stereocenters. The number of nitrogens with zero attached hydrogens (tertiary/aromatic N) is 1. The number of benzene rings is 1. The summed E-state index contributed by atoms with van der Waals surface area (Å²) in [4.78, 5) is 2.46. The lowest BCUT2D eigenvalue weighted by atomic mass is 10.1. The van der Waals surface area contributed by atoms with E-state index in [4.69, 9.17) is 9.47 Å². The van der Waals surface area contributed by atoms with Crippen LogP contribution < -0.4 is 4.74 Å². The Hall–Kier alpha value is -1.06. The Morgan fingerprint density at radius 1 is 0.947 bits per heavy atom. The highest BCUT2D eigenvalue weighted by molar-refractivity contribution is 5.32. The standard InChI is InChI=1S/C16H25NO2/c1-14-11-15(2)13-16(12-14)19-10-9-18-8-7-17-5-3-4-6-17/h11-13H,3-10H2,1-2H3. The Morgan fingerprint density at radius 3 is 2.32 bits per heavy atom. The van der Waals surface area contributed by atoms with Crippen molar-refractivity contribution in [3.8, 4) is 5.75 Å². The van der Waals surface area contributed by atoms with Crippen molar-refractivity contribution in [2.24, 2.45) is 0 Å². The van der Waals surface area contributed by atoms with Gasteiger partial charge >= 0.3 is 0 Å². The number of likely N-dealkylation sites (tertiary alicyclic amines) is 1. The van der Waals surface area contributed by atoms with Gasteiger partial charge in [0.05, 0.1) is 13.2 Å². The van der Waals surface area contributed by atoms with Gasteiger partial charge in [-0.05, 0) is 63.0 Å². The highest BCUT2D eigenvalue weighted by atomic mass is 16.5. The SMILES string of the molecule is Cc1cc(C)cc(OCCOCCN2CCCC2)c1. The van der Waals surface area contributed by atoms with E-state index in [2.05, 4.69) is 36.9 Å². The van der Waals surface area contributed by atoms with E-state index in [1.54, 1.807) is 0 Å². The van der Waals surface area contributed by atoms with E-state index in [1.165, 1.54) is 37.1 Å². The van der Waals surface area contributed by atoms with E-state index in [-0.39, 0.29) is 0 Å². The minimum Gasteiger partial charge on any atom is -0.491 e. The topological polar surface area (TPSA) is 21.7 Å². The van der Waals surface area contributed by atoms with Gasteiger partial charge in [-0.1, -0.05) is 6.07 Å². The largest absolute Gasteiger partial charge is 0.491 e. The fourth-order valence-electron chi connectivity index (χ4n) is 2.54. The van der Waals surface area contributed by atoms with Crippen LogP contribution in [0.2, 0.25) is 0 Å². The Kier molecular flexibility index (Phi) is 5.67. The minimum atomic E-state index is 0.628. The second-order valence-electron chi connectivity index (χ2n) is 5.33. The molecular weight excluding hydrogens is 238 g/mol. The summed E-state index contributed by atoms with van der Waals surface area (Å²) in [6.07, 6.45) is 2.69. The first-order valence-corrected chi connectivity index (χ1v) is 7.25. The Labute approximate surface area is 116 Å². The minimum absolute atomic E-state index is 0.628. The molecule has 1 saturated heterocycles. The molecule has 1 heterocycles. The second-order valence-corrected chi connectivity index (χ2v) is 5.33. The van der Waals surface area contributed by atoms with E-state index in [0.717, 1.165) is 18.9 Å². The number of hydrogen-bond acceptors (Lipinski definition) is 3. The molecule has 0 amide bonds. The summed E-state index contributed by atoms with van der Waals surface area (Å²) in [5, 5.41) is 0. The Morgan fingerprint density at radius 2 is 1.63 bits per heavy atom. The molecular formula is C16H25NO2. The summed E-state index contributed by atoms with van der Waals surface area (Å²) < 4.78 is 11.3. The lowest BCUT2D eigenvalue weighted by Gasteiger charge is -2.14. The van der Waals surface area contributed by atoms with Crippen molar-refractivity contribution in [1.29, 1.82) is 0 Å². The van der Waals surface area contributed by atoms with Crippen LogP contribution in [0, 0.1) is 13.8 Å². The molecule has 0 unspecified atom stereocenters. The monoisotopic (exact) mass is 263 g/mol. The van der Waals surface area contributed by atoms with Crippen LogP contribution in [0.15, 0.2) is 18.2 Å². The van der Waals surface area contributed by atoms with Crippen LogP contribution in [0.4, 0.5) is 0 Å². The molecule has 0 saturated carbocycles. The van der Waals surface area contributed by atoms with Crippen molar-refractivity contribution in [3.05, 3.63) is 29.3 Å². The summed E-state index contributed by atoms with van der Waals surface area (Å²) in [7, 11) is 0. The van der Waals surface area contributed by atoms with Crippen molar-refractivity contribution in [1.82, 2.24) is 4.90 Å². The number of rotatable bonds is 7. The average molecular weight is 263 g/mol. The van der Waals surface area contributed by atoms with Gasteiger partial charge < -0.3 is 14.4 Å². The molecule has 1 aliphatic heterocycles. The zero-order chi connectivity index (χ0) is 13.5. The van der Waals surface area contributed by atoms with Gasteiger partial charge in [-0.25, -0.2) is 0 Å². The third kappa shape index (κ3) is 5.21. The van der Waals surface area contributed by atoms with Crippen molar-refractivity contribution in [3.63, 3.8) is 0 Å². The molecule has 19 heavy (non-hydrogen) atoms. The summed E-state index contributed by atoms with van der Waals surface area (Å²) in [5.41, 5.74) is 2.48. The van der Waals surface area contributed by atoms with Crippen LogP contribution in [-0.4, -0.2) is 44.4 Å². The molecule has 1 aromatic carbocycles. The van der Waals surface area contributed by atoms with Crippen LogP contribution in [0.1, 0.15) is 24.0 Å². The normalized spacial score (nSPS) is 15.9. The van der Waals surface area contributed by atoms with Crippen LogP contribution in [0.25, 0.3) is 0 Å². The summed E-state index contributed by atoms with van der Waals surface area (Å²) in [6, 6.07) is 6.29. The predicted molar refractivity (Wildman–Crippen MR) is 77.9 cm³/mol. The molecule has 106 valence electrons. The van der Waals surface area contributed by atoms with E-state index in [0.29, 0.717) is 13.2 Å². The summed E-state index contributed by atoms with van der Waals surface area (Å²) in [5.74, 6) is 0.945. The van der Waals surface area contributed by atoms with Gasteiger partial charge in [0.2, 0.25) is 0 Å². The maximum Gasteiger partial charge on any atom is 0.119 e. The highest BCUT2D eigenvalue weighted by Gasteiger charge is 2.10. The maximum absolute atomic E-state index is 5.70. The third-order valence-electron chi connectivity index (χ3n) is 3.44. The van der Waals surface area contributed by atoms with Crippen molar-refractivity contribution in [2.75, 3.05) is 39.5 Å². The molecule has 0 radical (unpaired) electrons. The zero-order valence-corrected chi connectivity index (χ0v) is 12.2. The smallest absolute Gasteiger partial charge is 0.119 e. The second kappa shape index (κ2) is 7.51. The summed E-state index contributed by atoms with van der Waals surface area (Å²) >= 11 is 0. The molecule has 3 heteroatoms. The lowest BCUT2D eigenvalue weighted by molar-refractivity contribution is 0.0845. The first-order chi connectivity index (χ1) is 9.24. The maximum atomic E-state index is 5.70. The van der Waals surface area contributed by atoms with Gasteiger partial charge in [-0.2, -0.15) is 0 Å². The molecule has 0 spiro atoms. The summed E-state index contributed by atoms with van der Waals surface area (Å²) in [6.45, 7) is 9.83. The van der Waals surface area contributed by atoms with E-state index in [9.17, 15) is 0 Å². The molecule has 1 aromatic rings. The lowest BCUT2D eigenvalue weighted by Crippen LogP contribution is -2.24. The van der Waals surface area contributed by atoms with Gasteiger partial charge in [0.1, 0.15) is 12.4 Å². The van der Waals surface area contributed by atoms with Crippen LogP contribution in [-0.2, 0) is 4.74 Å². The molecule has 3 nitrogen and oxygen atoms in total. The van der Waals surface area contributed by atoms with Gasteiger partial charge in [0, 0.05) is 6.54 Å². The molecule has 0 bridgehead atoms. The van der Waals surface area contributed by atoms with E-state index in [1.807, 2.05) is 0 Å². The third-order valence-corrected chi connectivity index (χ3v) is 3.44. The van der Waals surface area contributed by atoms with Gasteiger partial charge in [0.15, 0.2) is 0 Å². The van der Waals surface area contributed by atoms with Crippen molar-refractivity contribution >= 4 is 0 Å². The van der Waals surface area contributed by atoms with Crippen LogP contribution in [0.3, 0.4) is 0 Å². The van der Waals surface area contributed by atoms with Gasteiger partial charge in [-0.15, -0.1) is 0 Å².